The minimum Gasteiger partial charge on any atom is -0.361 e. The van der Waals surface area contributed by atoms with Crippen molar-refractivity contribution in [3.8, 4) is 0 Å². The Balaban J connectivity index is 1.50. The molecule has 0 spiro atoms. The highest BCUT2D eigenvalue weighted by Crippen LogP contribution is 2.13. The molecule has 1 aliphatic rings. The van der Waals surface area contributed by atoms with Crippen molar-refractivity contribution in [2.24, 2.45) is 0 Å². The zero-order valence-corrected chi connectivity index (χ0v) is 13.7. The lowest BCUT2D eigenvalue weighted by atomic mass is 10.1. The Hall–Kier alpha value is -2.63. The lowest BCUT2D eigenvalue weighted by molar-refractivity contribution is -0.120. The number of aryl methyl sites for hydroxylation is 1. The molecule has 0 unspecified atom stereocenters. The van der Waals surface area contributed by atoms with Crippen molar-refractivity contribution in [2.45, 2.75) is 32.7 Å². The first-order chi connectivity index (χ1) is 11.6. The Morgan fingerprint density at radius 1 is 1.21 bits per heavy atom. The predicted molar refractivity (Wildman–Crippen MR) is 88.4 cm³/mol. The van der Waals surface area contributed by atoms with E-state index >= 15 is 0 Å². The highest BCUT2D eigenvalue weighted by molar-refractivity contribution is 5.94. The first kappa shape index (κ1) is 16.2. The molecule has 1 aliphatic heterocycles. The van der Waals surface area contributed by atoms with Crippen molar-refractivity contribution in [3.63, 3.8) is 0 Å². The van der Waals surface area contributed by atoms with E-state index < -0.39 is 0 Å². The van der Waals surface area contributed by atoms with E-state index in [4.69, 9.17) is 4.52 Å². The Kier molecular flexibility index (Phi) is 4.93. The number of hydrogen-bond acceptors (Lipinski definition) is 4. The second-order valence-electron chi connectivity index (χ2n) is 6.08. The Labute approximate surface area is 140 Å². The van der Waals surface area contributed by atoms with Gasteiger partial charge in [-0.3, -0.25) is 9.59 Å². The van der Waals surface area contributed by atoms with Crippen molar-refractivity contribution in [1.29, 1.82) is 0 Å². The molecular formula is C18H21N3O3. The average molecular weight is 327 g/mol. The number of carbonyl (C=O) groups excluding carboxylic acids is 2. The number of hydrogen-bond donors (Lipinski definition) is 1. The van der Waals surface area contributed by atoms with Crippen LogP contribution in [-0.4, -0.2) is 35.0 Å². The molecule has 2 amide bonds. The second-order valence-corrected chi connectivity index (χ2v) is 6.08. The Morgan fingerprint density at radius 3 is 2.54 bits per heavy atom. The fourth-order valence-corrected chi connectivity index (χ4v) is 2.79. The SMILES string of the molecule is Cc1cc(CC(=O)NCc2ccc(C(=O)N3CCCC3)cc2)on1. The third-order valence-corrected chi connectivity index (χ3v) is 4.10. The van der Waals surface area contributed by atoms with E-state index in [9.17, 15) is 9.59 Å². The summed E-state index contributed by atoms with van der Waals surface area (Å²) in [7, 11) is 0. The Morgan fingerprint density at radius 2 is 1.92 bits per heavy atom. The van der Waals surface area contributed by atoms with Crippen LogP contribution in [0, 0.1) is 6.92 Å². The fraction of sp³-hybridized carbons (Fsp3) is 0.389. The number of carbonyl (C=O) groups is 2. The van der Waals surface area contributed by atoms with Gasteiger partial charge in [0.25, 0.3) is 5.91 Å². The van der Waals surface area contributed by atoms with Gasteiger partial charge >= 0.3 is 0 Å². The number of amides is 2. The van der Waals surface area contributed by atoms with Gasteiger partial charge in [0.05, 0.1) is 12.1 Å². The molecule has 2 aromatic rings. The summed E-state index contributed by atoms with van der Waals surface area (Å²) in [6.07, 6.45) is 2.34. The van der Waals surface area contributed by atoms with Crippen LogP contribution < -0.4 is 5.32 Å². The number of likely N-dealkylation sites (tertiary alicyclic amines) is 1. The summed E-state index contributed by atoms with van der Waals surface area (Å²) >= 11 is 0. The highest BCUT2D eigenvalue weighted by Gasteiger charge is 2.19. The molecular weight excluding hydrogens is 306 g/mol. The predicted octanol–water partition coefficient (Wildman–Crippen LogP) is 2.08. The summed E-state index contributed by atoms with van der Waals surface area (Å²) in [5, 5.41) is 6.59. The standard InChI is InChI=1S/C18H21N3O3/c1-13-10-16(24-20-13)11-17(22)19-12-14-4-6-15(7-5-14)18(23)21-8-2-3-9-21/h4-7,10H,2-3,8-9,11-12H2,1H3,(H,19,22). The van der Waals surface area contributed by atoms with Gasteiger partial charge < -0.3 is 14.7 Å². The van der Waals surface area contributed by atoms with Gasteiger partial charge in [-0.25, -0.2) is 0 Å². The molecule has 0 aliphatic carbocycles. The zero-order chi connectivity index (χ0) is 16.9. The van der Waals surface area contributed by atoms with E-state index in [-0.39, 0.29) is 18.2 Å². The summed E-state index contributed by atoms with van der Waals surface area (Å²) in [6, 6.07) is 9.15. The Bertz CT molecular complexity index is 715. The maximum atomic E-state index is 12.3. The molecule has 6 heteroatoms. The molecule has 2 heterocycles. The molecule has 6 nitrogen and oxygen atoms in total. The number of nitrogens with one attached hydrogen (secondary N) is 1. The van der Waals surface area contributed by atoms with Gasteiger partial charge in [0.2, 0.25) is 5.91 Å². The lowest BCUT2D eigenvalue weighted by Gasteiger charge is -2.15. The van der Waals surface area contributed by atoms with Crippen LogP contribution in [0.15, 0.2) is 34.9 Å². The summed E-state index contributed by atoms with van der Waals surface area (Å²) < 4.78 is 5.02. The number of nitrogens with zero attached hydrogens (tertiary/aromatic N) is 2. The van der Waals surface area contributed by atoms with Gasteiger partial charge in [0, 0.05) is 31.3 Å². The van der Waals surface area contributed by atoms with Gasteiger partial charge in [-0.2, -0.15) is 0 Å². The molecule has 1 aromatic heterocycles. The van der Waals surface area contributed by atoms with Crippen LogP contribution in [-0.2, 0) is 17.8 Å². The molecule has 1 saturated heterocycles. The van der Waals surface area contributed by atoms with Crippen LogP contribution in [0.3, 0.4) is 0 Å². The lowest BCUT2D eigenvalue weighted by Crippen LogP contribution is -2.27. The van der Waals surface area contributed by atoms with E-state index in [0.29, 0.717) is 17.9 Å². The van der Waals surface area contributed by atoms with E-state index in [2.05, 4.69) is 10.5 Å². The van der Waals surface area contributed by atoms with E-state index in [0.717, 1.165) is 37.2 Å². The van der Waals surface area contributed by atoms with Crippen LogP contribution in [0.25, 0.3) is 0 Å². The zero-order valence-electron chi connectivity index (χ0n) is 13.7. The minimum absolute atomic E-state index is 0.0868. The quantitative estimate of drug-likeness (QED) is 0.912. The molecule has 1 fully saturated rings. The van der Waals surface area contributed by atoms with Gasteiger partial charge in [-0.15, -0.1) is 0 Å². The topological polar surface area (TPSA) is 75.4 Å². The third kappa shape index (κ3) is 4.01. The maximum absolute atomic E-state index is 12.3. The summed E-state index contributed by atoms with van der Waals surface area (Å²) in [5.41, 5.74) is 2.41. The van der Waals surface area contributed by atoms with Crippen molar-refractivity contribution in [1.82, 2.24) is 15.4 Å². The molecule has 126 valence electrons. The van der Waals surface area contributed by atoms with E-state index in [1.807, 2.05) is 36.1 Å². The molecule has 0 saturated carbocycles. The number of benzene rings is 1. The normalized spacial score (nSPS) is 14.0. The monoisotopic (exact) mass is 327 g/mol. The van der Waals surface area contributed by atoms with Crippen LogP contribution >= 0.6 is 0 Å². The number of aromatic nitrogens is 1. The third-order valence-electron chi connectivity index (χ3n) is 4.10. The molecule has 0 bridgehead atoms. The molecule has 1 N–H and O–H groups in total. The van der Waals surface area contributed by atoms with Gasteiger partial charge in [-0.05, 0) is 37.5 Å². The fourth-order valence-electron chi connectivity index (χ4n) is 2.79. The van der Waals surface area contributed by atoms with Crippen molar-refractivity contribution < 1.29 is 14.1 Å². The summed E-state index contributed by atoms with van der Waals surface area (Å²) in [4.78, 5) is 26.0. The van der Waals surface area contributed by atoms with Crippen molar-refractivity contribution >= 4 is 11.8 Å². The summed E-state index contributed by atoms with van der Waals surface area (Å²) in [5.74, 6) is 0.517. The first-order valence-electron chi connectivity index (χ1n) is 8.19. The molecule has 0 atom stereocenters. The highest BCUT2D eigenvalue weighted by atomic mass is 16.5. The molecule has 3 rings (SSSR count). The van der Waals surface area contributed by atoms with Crippen LogP contribution in [0.1, 0.15) is 40.2 Å². The average Bonchev–Trinajstić information content (AvgIpc) is 3.25. The first-order valence-corrected chi connectivity index (χ1v) is 8.19. The van der Waals surface area contributed by atoms with Gasteiger partial charge in [0.1, 0.15) is 5.76 Å². The summed E-state index contributed by atoms with van der Waals surface area (Å²) in [6.45, 7) is 3.93. The van der Waals surface area contributed by atoms with Crippen molar-refractivity contribution in [3.05, 3.63) is 52.9 Å². The maximum Gasteiger partial charge on any atom is 0.253 e. The molecule has 0 radical (unpaired) electrons. The van der Waals surface area contributed by atoms with Gasteiger partial charge in [0.15, 0.2) is 0 Å². The minimum atomic E-state index is -0.122. The molecule has 1 aromatic carbocycles. The number of rotatable bonds is 5. The van der Waals surface area contributed by atoms with Crippen molar-refractivity contribution in [2.75, 3.05) is 13.1 Å². The van der Waals surface area contributed by atoms with Crippen LogP contribution in [0.2, 0.25) is 0 Å². The van der Waals surface area contributed by atoms with Crippen LogP contribution in [0.5, 0.6) is 0 Å². The molecule has 24 heavy (non-hydrogen) atoms. The largest absolute Gasteiger partial charge is 0.361 e. The second kappa shape index (κ2) is 7.29. The van der Waals surface area contributed by atoms with Crippen LogP contribution in [0.4, 0.5) is 0 Å². The smallest absolute Gasteiger partial charge is 0.253 e. The van der Waals surface area contributed by atoms with Gasteiger partial charge in [-0.1, -0.05) is 17.3 Å². The van der Waals surface area contributed by atoms with E-state index in [1.54, 1.807) is 6.07 Å². The van der Waals surface area contributed by atoms with E-state index in [1.165, 1.54) is 0 Å².